The van der Waals surface area contributed by atoms with Gasteiger partial charge in [-0.2, -0.15) is 0 Å². The SMILES string of the molecule is C=CCOC(=O)[C@H]1[C@H]2C(=O)N([C@@H](CO)[C@@H](C)CC)C(C(=O)N(CC=C)c3ccccc3Cl)C23CC[C@]1(CC)O3. The van der Waals surface area contributed by atoms with Crippen LogP contribution in [-0.2, 0) is 23.9 Å². The number of rotatable bonds is 12. The van der Waals surface area contributed by atoms with Gasteiger partial charge in [0.15, 0.2) is 0 Å². The summed E-state index contributed by atoms with van der Waals surface area (Å²) in [5.74, 6) is -3.15. The molecule has 39 heavy (non-hydrogen) atoms. The number of esters is 1. The highest BCUT2D eigenvalue weighted by Gasteiger charge is 2.79. The Hall–Kier alpha value is -2.68. The number of benzene rings is 1. The largest absolute Gasteiger partial charge is 0.461 e. The second kappa shape index (κ2) is 11.4. The van der Waals surface area contributed by atoms with Crippen LogP contribution in [0.25, 0.3) is 0 Å². The van der Waals surface area contributed by atoms with Gasteiger partial charge in [-0.25, -0.2) is 0 Å². The van der Waals surface area contributed by atoms with Gasteiger partial charge >= 0.3 is 5.97 Å². The number of amides is 2. The van der Waals surface area contributed by atoms with Crippen LogP contribution >= 0.6 is 11.6 Å². The lowest BCUT2D eigenvalue weighted by atomic mass is 9.65. The van der Waals surface area contributed by atoms with E-state index in [1.54, 1.807) is 30.3 Å². The van der Waals surface area contributed by atoms with Crippen LogP contribution in [0.1, 0.15) is 46.5 Å². The van der Waals surface area contributed by atoms with E-state index in [1.165, 1.54) is 15.9 Å². The Morgan fingerprint density at radius 1 is 1.28 bits per heavy atom. The summed E-state index contributed by atoms with van der Waals surface area (Å²) in [6.45, 7) is 13.1. The highest BCUT2D eigenvalue weighted by molar-refractivity contribution is 6.34. The van der Waals surface area contributed by atoms with Crippen molar-refractivity contribution in [1.29, 1.82) is 0 Å². The smallest absolute Gasteiger partial charge is 0.313 e. The molecule has 9 heteroatoms. The second-order valence-corrected chi connectivity index (χ2v) is 11.2. The monoisotopic (exact) mass is 558 g/mol. The van der Waals surface area contributed by atoms with Crippen LogP contribution < -0.4 is 4.90 Å². The third-order valence-electron chi connectivity index (χ3n) is 9.02. The lowest BCUT2D eigenvalue weighted by Crippen LogP contribution is -2.60. The summed E-state index contributed by atoms with van der Waals surface area (Å²) in [4.78, 5) is 45.6. The van der Waals surface area contributed by atoms with Gasteiger partial charge in [0.25, 0.3) is 5.91 Å². The van der Waals surface area contributed by atoms with E-state index in [0.29, 0.717) is 36.4 Å². The van der Waals surface area contributed by atoms with E-state index < -0.39 is 41.1 Å². The predicted molar refractivity (Wildman–Crippen MR) is 149 cm³/mol. The molecule has 3 aliphatic rings. The summed E-state index contributed by atoms with van der Waals surface area (Å²) in [6.07, 6.45) is 5.20. The molecule has 0 aromatic heterocycles. The minimum Gasteiger partial charge on any atom is -0.461 e. The first kappa shape index (κ1) is 29.3. The molecular weight excluding hydrogens is 520 g/mol. The molecule has 4 rings (SSSR count). The van der Waals surface area contributed by atoms with Crippen molar-refractivity contribution in [3.8, 4) is 0 Å². The summed E-state index contributed by atoms with van der Waals surface area (Å²) < 4.78 is 12.3. The first-order chi connectivity index (χ1) is 18.7. The van der Waals surface area contributed by atoms with E-state index in [1.807, 2.05) is 20.8 Å². The normalized spacial score (nSPS) is 30.5. The molecule has 1 N–H and O–H groups in total. The third kappa shape index (κ3) is 4.50. The minimum absolute atomic E-state index is 0.0147. The van der Waals surface area contributed by atoms with E-state index in [4.69, 9.17) is 21.1 Å². The number of anilines is 1. The number of halogens is 1. The molecule has 1 aromatic carbocycles. The van der Waals surface area contributed by atoms with Crippen LogP contribution in [0, 0.1) is 17.8 Å². The molecule has 7 atom stereocenters. The fourth-order valence-corrected chi connectivity index (χ4v) is 7.19. The molecule has 8 nitrogen and oxygen atoms in total. The average molecular weight is 559 g/mol. The lowest BCUT2D eigenvalue weighted by molar-refractivity contribution is -0.161. The zero-order valence-corrected chi connectivity index (χ0v) is 23.7. The van der Waals surface area contributed by atoms with Crippen molar-refractivity contribution >= 4 is 35.1 Å². The predicted octanol–water partition coefficient (Wildman–Crippen LogP) is 4.15. The molecular formula is C30H39ClN2O6. The van der Waals surface area contributed by atoms with Crippen LogP contribution in [0.3, 0.4) is 0 Å². The van der Waals surface area contributed by atoms with Crippen LogP contribution in [-0.4, -0.2) is 70.8 Å². The lowest BCUT2D eigenvalue weighted by Gasteiger charge is -2.41. The van der Waals surface area contributed by atoms with Crippen molar-refractivity contribution in [2.45, 2.75) is 69.7 Å². The molecule has 3 heterocycles. The Morgan fingerprint density at radius 2 is 2.00 bits per heavy atom. The van der Waals surface area contributed by atoms with Crippen LogP contribution in [0.4, 0.5) is 5.69 Å². The fourth-order valence-electron chi connectivity index (χ4n) is 6.95. The number of likely N-dealkylation sites (tertiary alicyclic amines) is 1. The number of nitrogens with zero attached hydrogens (tertiary/aromatic N) is 2. The topological polar surface area (TPSA) is 96.4 Å². The molecule has 0 aliphatic carbocycles. The summed E-state index contributed by atoms with van der Waals surface area (Å²) in [5.41, 5.74) is -1.67. The maximum absolute atomic E-state index is 14.7. The number of hydrogen-bond acceptors (Lipinski definition) is 6. The van der Waals surface area contributed by atoms with Crippen molar-refractivity contribution < 1.29 is 29.0 Å². The molecule has 2 amide bonds. The number of carbonyl (C=O) groups excluding carboxylic acids is 3. The number of aliphatic hydroxyl groups excluding tert-OH is 1. The Balaban J connectivity index is 1.89. The number of fused-ring (bicyclic) bond motifs is 1. The van der Waals surface area contributed by atoms with Gasteiger partial charge < -0.3 is 24.4 Å². The number of para-hydroxylation sites is 1. The maximum atomic E-state index is 14.7. The summed E-state index contributed by atoms with van der Waals surface area (Å²) in [5, 5.41) is 10.9. The van der Waals surface area contributed by atoms with Crippen molar-refractivity contribution in [2.75, 3.05) is 24.7 Å². The molecule has 2 bridgehead atoms. The van der Waals surface area contributed by atoms with E-state index in [0.717, 1.165) is 0 Å². The Labute approximate surface area is 235 Å². The highest BCUT2D eigenvalue weighted by atomic mass is 35.5. The van der Waals surface area contributed by atoms with Gasteiger partial charge in [0, 0.05) is 6.54 Å². The zero-order chi connectivity index (χ0) is 28.5. The Morgan fingerprint density at radius 3 is 2.59 bits per heavy atom. The first-order valence-corrected chi connectivity index (χ1v) is 14.1. The van der Waals surface area contributed by atoms with Gasteiger partial charge in [0.05, 0.1) is 34.9 Å². The second-order valence-electron chi connectivity index (χ2n) is 10.8. The molecule has 1 aromatic rings. The Bertz CT molecular complexity index is 1140. The van der Waals surface area contributed by atoms with Gasteiger partial charge in [-0.15, -0.1) is 6.58 Å². The standard InChI is InChI=1S/C30H39ClN2O6/c1-6-16-32(21-13-11-10-12-20(21)31)27(36)25-30-15-14-29(9-4,39-30)24(28(37)38-17-7-2)23(30)26(35)33(25)22(18-34)19(5)8-3/h6-7,10-13,19,22-25,34H,1-2,8-9,14-18H2,3-5H3/t19-,22-,23-,24+,25?,29-,30?/m0/s1. The molecule has 3 saturated heterocycles. The van der Waals surface area contributed by atoms with Crippen LogP contribution in [0.15, 0.2) is 49.6 Å². The molecule has 0 saturated carbocycles. The van der Waals surface area contributed by atoms with Gasteiger partial charge in [-0.05, 0) is 37.3 Å². The van der Waals surface area contributed by atoms with Gasteiger partial charge in [0.1, 0.15) is 24.2 Å². The van der Waals surface area contributed by atoms with E-state index in [9.17, 15) is 19.5 Å². The number of aliphatic hydroxyl groups is 1. The molecule has 1 spiro atoms. The highest BCUT2D eigenvalue weighted by Crippen LogP contribution is 2.65. The van der Waals surface area contributed by atoms with Crippen LogP contribution in [0.5, 0.6) is 0 Å². The third-order valence-corrected chi connectivity index (χ3v) is 9.34. The summed E-state index contributed by atoms with van der Waals surface area (Å²) >= 11 is 6.53. The van der Waals surface area contributed by atoms with Gasteiger partial charge in [0.2, 0.25) is 5.91 Å². The fraction of sp³-hybridized carbons (Fsp3) is 0.567. The molecule has 3 aliphatic heterocycles. The number of carbonyl (C=O) groups is 3. The maximum Gasteiger partial charge on any atom is 0.313 e. The molecule has 2 unspecified atom stereocenters. The van der Waals surface area contributed by atoms with Crippen molar-refractivity contribution in [2.24, 2.45) is 17.8 Å². The van der Waals surface area contributed by atoms with E-state index in [-0.39, 0.29) is 37.5 Å². The quantitative estimate of drug-likeness (QED) is 0.306. The van der Waals surface area contributed by atoms with Gasteiger partial charge in [-0.1, -0.05) is 69.7 Å². The minimum atomic E-state index is -1.25. The molecule has 0 radical (unpaired) electrons. The van der Waals surface area contributed by atoms with Crippen molar-refractivity contribution in [3.05, 3.63) is 54.6 Å². The number of ether oxygens (including phenoxy) is 2. The molecule has 212 valence electrons. The summed E-state index contributed by atoms with van der Waals surface area (Å²) in [6, 6.07) is 5.30. The first-order valence-electron chi connectivity index (χ1n) is 13.7. The Kier molecular flexibility index (Phi) is 8.59. The average Bonchev–Trinajstić information content (AvgIpc) is 3.54. The van der Waals surface area contributed by atoms with Gasteiger partial charge in [-0.3, -0.25) is 14.4 Å². The van der Waals surface area contributed by atoms with E-state index >= 15 is 0 Å². The van der Waals surface area contributed by atoms with Crippen molar-refractivity contribution in [3.63, 3.8) is 0 Å². The van der Waals surface area contributed by atoms with Crippen LogP contribution in [0.2, 0.25) is 5.02 Å². The zero-order valence-electron chi connectivity index (χ0n) is 23.0. The molecule has 3 fully saturated rings. The van der Waals surface area contributed by atoms with Crippen molar-refractivity contribution in [1.82, 2.24) is 4.90 Å². The van der Waals surface area contributed by atoms with E-state index in [2.05, 4.69) is 13.2 Å². The number of hydrogen-bond donors (Lipinski definition) is 1. The summed E-state index contributed by atoms with van der Waals surface area (Å²) in [7, 11) is 0.